The second-order valence-corrected chi connectivity index (χ2v) is 5.16. The summed E-state index contributed by atoms with van der Waals surface area (Å²) >= 11 is 0. The van der Waals surface area contributed by atoms with Crippen molar-refractivity contribution in [2.75, 3.05) is 26.0 Å². The normalized spacial score (nSPS) is 17.6. The fraction of sp³-hybridized carbons (Fsp3) is 0.692. The van der Waals surface area contributed by atoms with Gasteiger partial charge in [-0.3, -0.25) is 0 Å². The van der Waals surface area contributed by atoms with Crippen molar-refractivity contribution in [3.05, 3.63) is 17.8 Å². The predicted octanol–water partition coefficient (Wildman–Crippen LogP) is 2.07. The van der Waals surface area contributed by atoms with Crippen LogP contribution in [0.5, 0.6) is 0 Å². The molecule has 0 bridgehead atoms. The summed E-state index contributed by atoms with van der Waals surface area (Å²) in [6.45, 7) is 2.62. The van der Waals surface area contributed by atoms with Crippen LogP contribution in [-0.4, -0.2) is 41.0 Å². The molecule has 1 aliphatic rings. The Morgan fingerprint density at radius 3 is 2.61 bits per heavy atom. The van der Waals surface area contributed by atoms with E-state index in [0.717, 1.165) is 19.4 Å². The number of hydrogen-bond acceptors (Lipinski definition) is 4. The van der Waals surface area contributed by atoms with Gasteiger partial charge in [-0.2, -0.15) is 0 Å². The number of nitrogens with one attached hydrogen (secondary N) is 1. The van der Waals surface area contributed by atoms with Crippen LogP contribution in [-0.2, 0) is 6.42 Å². The molecule has 0 aliphatic heterocycles. The summed E-state index contributed by atoms with van der Waals surface area (Å²) in [7, 11) is 4.16. The Labute approximate surface area is 108 Å². The van der Waals surface area contributed by atoms with Gasteiger partial charge in [0.25, 0.3) is 0 Å². The summed E-state index contributed by atoms with van der Waals surface area (Å²) in [6, 6.07) is 0. The third-order valence-corrected chi connectivity index (χ3v) is 4.01. The molecule has 1 N–H and O–H groups in total. The number of halogens is 1. The summed E-state index contributed by atoms with van der Waals surface area (Å²) in [6.07, 6.45) is 5.56. The Hall–Kier alpha value is -1.23. The molecule has 5 heteroatoms. The van der Waals surface area contributed by atoms with Crippen LogP contribution in [0.3, 0.4) is 0 Å². The zero-order valence-corrected chi connectivity index (χ0v) is 11.3. The first-order valence-electron chi connectivity index (χ1n) is 6.50. The largest absolute Gasteiger partial charge is 0.366 e. The number of aryl methyl sites for hydroxylation is 1. The molecule has 1 heterocycles. The van der Waals surface area contributed by atoms with Crippen LogP contribution in [0.25, 0.3) is 0 Å². The van der Waals surface area contributed by atoms with E-state index in [2.05, 4.69) is 34.3 Å². The Kier molecular flexibility index (Phi) is 3.80. The van der Waals surface area contributed by atoms with Crippen molar-refractivity contribution < 1.29 is 4.39 Å². The Balaban J connectivity index is 2.06. The maximum Gasteiger partial charge on any atom is 0.186 e. The molecule has 1 saturated carbocycles. The number of rotatable bonds is 5. The van der Waals surface area contributed by atoms with Gasteiger partial charge >= 0.3 is 0 Å². The van der Waals surface area contributed by atoms with E-state index >= 15 is 0 Å². The number of hydrogen-bond donors (Lipinski definition) is 1. The van der Waals surface area contributed by atoms with Gasteiger partial charge in [0.1, 0.15) is 6.33 Å². The van der Waals surface area contributed by atoms with E-state index in [-0.39, 0.29) is 11.4 Å². The molecule has 4 nitrogen and oxygen atoms in total. The number of aromatic nitrogens is 2. The summed E-state index contributed by atoms with van der Waals surface area (Å²) in [5.41, 5.74) is 0.629. The van der Waals surface area contributed by atoms with Crippen molar-refractivity contribution in [1.82, 2.24) is 14.9 Å². The van der Waals surface area contributed by atoms with E-state index in [9.17, 15) is 4.39 Å². The number of anilines is 1. The topological polar surface area (TPSA) is 41.1 Å². The van der Waals surface area contributed by atoms with Crippen molar-refractivity contribution in [2.45, 2.75) is 38.1 Å². The molecule has 18 heavy (non-hydrogen) atoms. The Morgan fingerprint density at radius 2 is 2.11 bits per heavy atom. The quantitative estimate of drug-likeness (QED) is 0.871. The average Bonchev–Trinajstić information content (AvgIpc) is 2.29. The highest BCUT2D eigenvalue weighted by molar-refractivity contribution is 5.38. The molecular weight excluding hydrogens is 231 g/mol. The van der Waals surface area contributed by atoms with Gasteiger partial charge in [-0.25, -0.2) is 14.4 Å². The molecule has 1 aliphatic carbocycles. The van der Waals surface area contributed by atoms with Crippen molar-refractivity contribution in [2.24, 2.45) is 0 Å². The lowest BCUT2D eigenvalue weighted by molar-refractivity contribution is 0.0737. The number of nitrogens with zero attached hydrogens (tertiary/aromatic N) is 3. The summed E-state index contributed by atoms with van der Waals surface area (Å²) in [4.78, 5) is 10.2. The van der Waals surface area contributed by atoms with Crippen molar-refractivity contribution in [3.8, 4) is 0 Å². The molecule has 0 unspecified atom stereocenters. The minimum absolute atomic E-state index is 0.157. The molecule has 1 aromatic heterocycles. The molecule has 0 radical (unpaired) electrons. The molecule has 0 saturated heterocycles. The zero-order valence-electron chi connectivity index (χ0n) is 11.3. The molecule has 1 fully saturated rings. The molecule has 1 aromatic rings. The van der Waals surface area contributed by atoms with Gasteiger partial charge in [-0.1, -0.05) is 6.92 Å². The van der Waals surface area contributed by atoms with Gasteiger partial charge in [-0.15, -0.1) is 0 Å². The Bertz CT molecular complexity index is 415. The highest BCUT2D eigenvalue weighted by atomic mass is 19.1. The monoisotopic (exact) mass is 252 g/mol. The maximum absolute atomic E-state index is 14.0. The van der Waals surface area contributed by atoms with Crippen LogP contribution >= 0.6 is 0 Å². The van der Waals surface area contributed by atoms with E-state index < -0.39 is 0 Å². The molecule has 0 spiro atoms. The molecule has 0 atom stereocenters. The third-order valence-electron chi connectivity index (χ3n) is 4.01. The van der Waals surface area contributed by atoms with E-state index in [0.29, 0.717) is 17.9 Å². The summed E-state index contributed by atoms with van der Waals surface area (Å²) < 4.78 is 14.0. The predicted molar refractivity (Wildman–Crippen MR) is 70.1 cm³/mol. The van der Waals surface area contributed by atoms with Crippen LogP contribution in [0.1, 0.15) is 31.9 Å². The van der Waals surface area contributed by atoms with E-state index in [4.69, 9.17) is 0 Å². The standard InChI is InChI=1S/C13H21FN4/c1-4-10-11(14)12(17-9-16-10)15-8-13(18(2)3)6-5-7-13/h9H,4-8H2,1-3H3,(H,15,16,17). The van der Waals surface area contributed by atoms with Gasteiger partial charge < -0.3 is 10.2 Å². The van der Waals surface area contributed by atoms with Gasteiger partial charge in [0, 0.05) is 12.1 Å². The lowest BCUT2D eigenvalue weighted by Gasteiger charge is -2.47. The first-order valence-corrected chi connectivity index (χ1v) is 6.50. The molecule has 0 amide bonds. The highest BCUT2D eigenvalue weighted by Crippen LogP contribution is 2.36. The van der Waals surface area contributed by atoms with Gasteiger partial charge in [0.15, 0.2) is 11.6 Å². The minimum atomic E-state index is -0.312. The van der Waals surface area contributed by atoms with Crippen molar-refractivity contribution in [1.29, 1.82) is 0 Å². The van der Waals surface area contributed by atoms with Gasteiger partial charge in [0.05, 0.1) is 5.69 Å². The highest BCUT2D eigenvalue weighted by Gasteiger charge is 2.38. The fourth-order valence-corrected chi connectivity index (χ4v) is 2.39. The SMILES string of the molecule is CCc1ncnc(NCC2(N(C)C)CCC2)c1F. The van der Waals surface area contributed by atoms with Crippen LogP contribution in [0.15, 0.2) is 6.33 Å². The van der Waals surface area contributed by atoms with Crippen molar-refractivity contribution in [3.63, 3.8) is 0 Å². The average molecular weight is 252 g/mol. The number of likely N-dealkylation sites (N-methyl/N-ethyl adjacent to an activating group) is 1. The first-order chi connectivity index (χ1) is 8.59. The molecule has 2 rings (SSSR count). The van der Waals surface area contributed by atoms with E-state index in [1.807, 2.05) is 6.92 Å². The maximum atomic E-state index is 14.0. The van der Waals surface area contributed by atoms with Crippen LogP contribution in [0.2, 0.25) is 0 Å². The molecule has 100 valence electrons. The van der Waals surface area contributed by atoms with E-state index in [1.54, 1.807) is 0 Å². The molecule has 0 aromatic carbocycles. The lowest BCUT2D eigenvalue weighted by atomic mass is 9.75. The summed E-state index contributed by atoms with van der Waals surface area (Å²) in [5.74, 6) is 0.0169. The van der Waals surface area contributed by atoms with Crippen LogP contribution < -0.4 is 5.32 Å². The fourth-order valence-electron chi connectivity index (χ4n) is 2.39. The third kappa shape index (κ3) is 2.32. The smallest absolute Gasteiger partial charge is 0.186 e. The molecular formula is C13H21FN4. The second kappa shape index (κ2) is 5.18. The van der Waals surface area contributed by atoms with Gasteiger partial charge in [-0.05, 0) is 39.8 Å². The van der Waals surface area contributed by atoms with E-state index in [1.165, 1.54) is 12.7 Å². The van der Waals surface area contributed by atoms with Crippen LogP contribution in [0, 0.1) is 5.82 Å². The zero-order chi connectivity index (χ0) is 13.2. The minimum Gasteiger partial charge on any atom is -0.366 e. The summed E-state index contributed by atoms with van der Waals surface area (Å²) in [5, 5.41) is 3.14. The lowest BCUT2D eigenvalue weighted by Crippen LogP contribution is -2.54. The van der Waals surface area contributed by atoms with Crippen LogP contribution in [0.4, 0.5) is 10.2 Å². The van der Waals surface area contributed by atoms with Crippen molar-refractivity contribution >= 4 is 5.82 Å². The first kappa shape index (κ1) is 13.2. The Morgan fingerprint density at radius 1 is 1.39 bits per heavy atom. The van der Waals surface area contributed by atoms with Gasteiger partial charge in [0.2, 0.25) is 0 Å². The second-order valence-electron chi connectivity index (χ2n) is 5.16.